The number of hydrogen-bond acceptors (Lipinski definition) is 2. The van der Waals surface area contributed by atoms with Gasteiger partial charge in [-0.1, -0.05) is 12.1 Å². The zero-order valence-corrected chi connectivity index (χ0v) is 15.4. The van der Waals surface area contributed by atoms with E-state index in [0.29, 0.717) is 0 Å². The summed E-state index contributed by atoms with van der Waals surface area (Å²) in [4.78, 5) is 9.16. The average molecular weight is 458 g/mol. The van der Waals surface area contributed by atoms with Crippen molar-refractivity contribution < 1.29 is 18.2 Å². The summed E-state index contributed by atoms with van der Waals surface area (Å²) in [6.45, 7) is 8.48. The van der Waals surface area contributed by atoms with Gasteiger partial charge in [0.25, 0.3) is 0 Å². The van der Waals surface area contributed by atoms with Crippen LogP contribution in [0.4, 0.5) is 0 Å². The van der Waals surface area contributed by atoms with Gasteiger partial charge in [0.2, 0.25) is 0 Å². The molecule has 0 radical (unpaired) electrons. The van der Waals surface area contributed by atoms with E-state index in [9.17, 15) is 0 Å². The predicted octanol–water partition coefficient (Wildman–Crippen LogP) is 4.70. The SMILES string of the molecule is Cc1cnc2c(ccc3c(C)c(C)cnc32)c1C.[Cl][Re]. The molecule has 0 aliphatic carbocycles. The first-order valence-corrected chi connectivity index (χ1v) is 9.71. The summed E-state index contributed by atoms with van der Waals surface area (Å²) in [7, 11) is 4.69. The summed E-state index contributed by atoms with van der Waals surface area (Å²) in [5.74, 6) is 0. The first-order chi connectivity index (χ1) is 9.59. The quantitative estimate of drug-likeness (QED) is 0.457. The molecule has 2 aromatic heterocycles. The molecule has 2 nitrogen and oxygen atoms in total. The Bertz CT molecular complexity index is 718. The monoisotopic (exact) mass is 458 g/mol. The van der Waals surface area contributed by atoms with Crippen molar-refractivity contribution in [1.82, 2.24) is 9.97 Å². The molecular formula is C16H16ClN2Re. The molecule has 0 aliphatic heterocycles. The maximum absolute atomic E-state index is 4.69. The number of aromatic nitrogens is 2. The van der Waals surface area contributed by atoms with Crippen LogP contribution in [0.1, 0.15) is 22.3 Å². The van der Waals surface area contributed by atoms with Crippen molar-refractivity contribution in [2.24, 2.45) is 0 Å². The molecule has 0 bridgehead atoms. The van der Waals surface area contributed by atoms with E-state index in [0.717, 1.165) is 11.0 Å². The molecule has 0 spiro atoms. The molecule has 0 N–H and O–H groups in total. The normalized spacial score (nSPS) is 10.5. The summed E-state index contributed by atoms with van der Waals surface area (Å²) in [5, 5.41) is 2.41. The first kappa shape index (κ1) is 15.4. The average Bonchev–Trinajstić information content (AvgIpc) is 2.48. The van der Waals surface area contributed by atoms with Crippen molar-refractivity contribution in [3.8, 4) is 0 Å². The summed E-state index contributed by atoms with van der Waals surface area (Å²) in [5.41, 5.74) is 7.07. The summed E-state index contributed by atoms with van der Waals surface area (Å²) < 4.78 is 0. The Kier molecular flexibility index (Phi) is 4.75. The maximum atomic E-state index is 4.69. The fourth-order valence-electron chi connectivity index (χ4n) is 2.39. The van der Waals surface area contributed by atoms with Crippen LogP contribution < -0.4 is 0 Å². The zero-order valence-electron chi connectivity index (χ0n) is 12.0. The molecule has 3 aromatic rings. The van der Waals surface area contributed by atoms with Crippen molar-refractivity contribution in [3.63, 3.8) is 0 Å². The van der Waals surface area contributed by atoms with Gasteiger partial charge in [0.15, 0.2) is 0 Å². The van der Waals surface area contributed by atoms with Crippen LogP contribution in [-0.4, -0.2) is 9.97 Å². The van der Waals surface area contributed by atoms with Gasteiger partial charge >= 0.3 is 27.7 Å². The van der Waals surface area contributed by atoms with E-state index in [-0.39, 0.29) is 0 Å². The van der Waals surface area contributed by atoms with Gasteiger partial charge in [0.1, 0.15) is 0 Å². The van der Waals surface area contributed by atoms with E-state index in [1.807, 2.05) is 12.4 Å². The Morgan fingerprint density at radius 3 is 1.45 bits per heavy atom. The van der Waals surface area contributed by atoms with E-state index < -0.39 is 0 Å². The molecular weight excluding hydrogens is 442 g/mol. The van der Waals surface area contributed by atoms with Crippen LogP contribution in [0.2, 0.25) is 0 Å². The standard InChI is InChI=1S/C16H16N2.ClH.Re/c1-9-7-17-15-13(11(9)3)5-6-14-12(4)10(2)8-18-16(14)15;;/h5-8H,1-4H3;1H;/q;;+1/p-1. The van der Waals surface area contributed by atoms with E-state index in [2.05, 4.69) is 49.8 Å². The Labute approximate surface area is 134 Å². The second kappa shape index (κ2) is 6.18. The molecule has 0 amide bonds. The van der Waals surface area contributed by atoms with Gasteiger partial charge in [0, 0.05) is 23.2 Å². The molecule has 20 heavy (non-hydrogen) atoms. The summed E-state index contributed by atoms with van der Waals surface area (Å²) in [6, 6.07) is 4.34. The van der Waals surface area contributed by atoms with Gasteiger partial charge in [-0.15, -0.1) is 0 Å². The number of rotatable bonds is 0. The molecule has 4 heteroatoms. The second-order valence-electron chi connectivity index (χ2n) is 4.99. The fraction of sp³-hybridized carbons (Fsp3) is 0.250. The molecule has 0 saturated heterocycles. The minimum atomic E-state index is 1.01. The van der Waals surface area contributed by atoms with Crippen molar-refractivity contribution in [2.45, 2.75) is 27.7 Å². The third kappa shape index (κ3) is 2.46. The zero-order chi connectivity index (χ0) is 14.9. The Hall–Kier alpha value is -1.01. The van der Waals surface area contributed by atoms with Crippen LogP contribution in [0.15, 0.2) is 24.5 Å². The number of halogens is 1. The molecule has 0 atom stereocenters. The van der Waals surface area contributed by atoms with E-state index in [1.165, 1.54) is 51.2 Å². The molecule has 0 saturated carbocycles. The van der Waals surface area contributed by atoms with Crippen molar-refractivity contribution in [3.05, 3.63) is 46.8 Å². The summed E-state index contributed by atoms with van der Waals surface area (Å²) in [6.07, 6.45) is 3.88. The molecule has 0 unspecified atom stereocenters. The van der Waals surface area contributed by atoms with Gasteiger partial charge < -0.3 is 0 Å². The Morgan fingerprint density at radius 1 is 0.750 bits per heavy atom. The Morgan fingerprint density at radius 2 is 1.10 bits per heavy atom. The summed E-state index contributed by atoms with van der Waals surface area (Å²) >= 11 is 1.19. The van der Waals surface area contributed by atoms with Gasteiger partial charge in [-0.05, 0) is 49.9 Å². The number of benzene rings is 1. The number of fused-ring (bicyclic) bond motifs is 3. The third-order valence-corrected chi connectivity index (χ3v) is 3.92. The molecule has 2 heterocycles. The predicted molar refractivity (Wildman–Crippen MR) is 81.8 cm³/mol. The number of nitrogens with zero attached hydrogens (tertiary/aromatic N) is 2. The molecule has 3 rings (SSSR count). The van der Waals surface area contributed by atoms with Crippen LogP contribution in [0, 0.1) is 27.7 Å². The van der Waals surface area contributed by atoms with Crippen LogP contribution >= 0.6 is 9.53 Å². The van der Waals surface area contributed by atoms with Gasteiger partial charge in [-0.2, -0.15) is 0 Å². The minimum absolute atomic E-state index is 1.01. The van der Waals surface area contributed by atoms with Crippen molar-refractivity contribution >= 4 is 31.3 Å². The van der Waals surface area contributed by atoms with Crippen molar-refractivity contribution in [1.29, 1.82) is 0 Å². The van der Waals surface area contributed by atoms with Crippen LogP contribution in [0.3, 0.4) is 0 Å². The van der Waals surface area contributed by atoms with Crippen molar-refractivity contribution in [2.75, 3.05) is 0 Å². The molecule has 0 fully saturated rings. The van der Waals surface area contributed by atoms with Crippen LogP contribution in [-0.2, 0) is 18.2 Å². The first-order valence-electron chi connectivity index (χ1n) is 6.34. The van der Waals surface area contributed by atoms with Crippen LogP contribution in [0.25, 0.3) is 21.8 Å². The van der Waals surface area contributed by atoms with Gasteiger partial charge in [-0.25, -0.2) is 0 Å². The fourth-order valence-corrected chi connectivity index (χ4v) is 2.39. The van der Waals surface area contributed by atoms with E-state index in [1.54, 1.807) is 0 Å². The van der Waals surface area contributed by atoms with E-state index >= 15 is 0 Å². The number of pyridine rings is 2. The van der Waals surface area contributed by atoms with Gasteiger partial charge in [0.05, 0.1) is 11.0 Å². The number of aryl methyl sites for hydroxylation is 4. The van der Waals surface area contributed by atoms with Crippen LogP contribution in [0.5, 0.6) is 0 Å². The third-order valence-electron chi connectivity index (χ3n) is 3.92. The topological polar surface area (TPSA) is 25.8 Å². The molecule has 0 aliphatic rings. The molecule has 1 aromatic carbocycles. The van der Waals surface area contributed by atoms with E-state index in [4.69, 9.17) is 9.53 Å². The Balaban J connectivity index is 0.000000704. The molecule has 104 valence electrons. The van der Waals surface area contributed by atoms with Gasteiger partial charge in [-0.3, -0.25) is 9.97 Å². The second-order valence-corrected chi connectivity index (χ2v) is 4.99. The number of hydrogen-bond donors (Lipinski definition) is 0.